The number of para-hydroxylation sites is 1. The third kappa shape index (κ3) is 3.66. The Morgan fingerprint density at radius 2 is 1.67 bits per heavy atom. The van der Waals surface area contributed by atoms with Gasteiger partial charge in [0.15, 0.2) is 11.5 Å². The van der Waals surface area contributed by atoms with E-state index in [2.05, 4.69) is 10.5 Å². The Morgan fingerprint density at radius 3 is 2.33 bits per heavy atom. The number of hydrazone groups is 1. The molecule has 0 amide bonds. The van der Waals surface area contributed by atoms with Gasteiger partial charge in [-0.05, 0) is 24.6 Å². The van der Waals surface area contributed by atoms with E-state index in [1.54, 1.807) is 0 Å². The van der Waals surface area contributed by atoms with Gasteiger partial charge in [0.2, 0.25) is 0 Å². The molecule has 0 saturated heterocycles. The molecule has 2 aromatic carbocycles. The summed E-state index contributed by atoms with van der Waals surface area (Å²) in [4.78, 5) is 0. The highest BCUT2D eigenvalue weighted by Crippen LogP contribution is 2.33. The van der Waals surface area contributed by atoms with E-state index in [0.29, 0.717) is 17.7 Å². The molecule has 0 aliphatic rings. The lowest BCUT2D eigenvalue weighted by atomic mass is 10.0. The fourth-order valence-electron chi connectivity index (χ4n) is 1.93. The van der Waals surface area contributed by atoms with E-state index >= 15 is 0 Å². The van der Waals surface area contributed by atoms with Crippen LogP contribution in [0, 0.1) is 0 Å². The molecule has 4 N–H and O–H groups in total. The number of hydrogen-bond donors (Lipinski definition) is 4. The molecule has 110 valence electrons. The van der Waals surface area contributed by atoms with Crippen molar-refractivity contribution in [3.63, 3.8) is 0 Å². The molecule has 0 saturated carbocycles. The molecule has 0 bridgehead atoms. The third-order valence-electron chi connectivity index (χ3n) is 2.98. The Kier molecular flexibility index (Phi) is 4.66. The van der Waals surface area contributed by atoms with E-state index in [1.165, 1.54) is 6.07 Å². The molecule has 0 radical (unpaired) electrons. The van der Waals surface area contributed by atoms with Crippen molar-refractivity contribution in [3.05, 3.63) is 48.0 Å². The summed E-state index contributed by atoms with van der Waals surface area (Å²) in [5, 5.41) is 33.2. The van der Waals surface area contributed by atoms with Crippen molar-refractivity contribution >= 4 is 11.4 Å². The third-order valence-corrected chi connectivity index (χ3v) is 2.98. The van der Waals surface area contributed by atoms with Crippen LogP contribution in [0.2, 0.25) is 0 Å². The first kappa shape index (κ1) is 14.7. The van der Waals surface area contributed by atoms with E-state index < -0.39 is 0 Å². The van der Waals surface area contributed by atoms with Crippen molar-refractivity contribution in [2.45, 2.75) is 19.8 Å². The summed E-state index contributed by atoms with van der Waals surface area (Å²) in [5.41, 5.74) is 4.75. The van der Waals surface area contributed by atoms with Crippen LogP contribution in [0.3, 0.4) is 0 Å². The average Bonchev–Trinajstić information content (AvgIpc) is 2.48. The van der Waals surface area contributed by atoms with Gasteiger partial charge in [-0.25, -0.2) is 0 Å². The smallest absolute Gasteiger partial charge is 0.161 e. The lowest BCUT2D eigenvalue weighted by Crippen LogP contribution is -2.05. The number of benzene rings is 2. The first-order valence-corrected chi connectivity index (χ1v) is 6.74. The van der Waals surface area contributed by atoms with E-state index in [9.17, 15) is 15.3 Å². The Bertz CT molecular complexity index is 639. The van der Waals surface area contributed by atoms with Gasteiger partial charge in [-0.2, -0.15) is 5.10 Å². The van der Waals surface area contributed by atoms with E-state index in [4.69, 9.17) is 0 Å². The summed E-state index contributed by atoms with van der Waals surface area (Å²) >= 11 is 0. The number of phenolic OH excluding ortho intramolecular Hbond substituents is 3. The number of nitrogens with one attached hydrogen (secondary N) is 1. The van der Waals surface area contributed by atoms with Gasteiger partial charge in [-0.3, -0.25) is 5.43 Å². The Balaban J connectivity index is 2.32. The maximum Gasteiger partial charge on any atom is 0.161 e. The highest BCUT2D eigenvalue weighted by atomic mass is 16.3. The topological polar surface area (TPSA) is 85.1 Å². The summed E-state index contributed by atoms with van der Waals surface area (Å²) in [7, 11) is 0. The quantitative estimate of drug-likeness (QED) is 0.294. The Morgan fingerprint density at radius 1 is 1.00 bits per heavy atom. The molecule has 0 spiro atoms. The van der Waals surface area contributed by atoms with Gasteiger partial charge < -0.3 is 15.3 Å². The van der Waals surface area contributed by atoms with Crippen LogP contribution < -0.4 is 5.43 Å². The monoisotopic (exact) mass is 286 g/mol. The summed E-state index contributed by atoms with van der Waals surface area (Å²) in [6.07, 6.45) is 1.45. The second kappa shape index (κ2) is 6.65. The van der Waals surface area contributed by atoms with Gasteiger partial charge in [0, 0.05) is 11.6 Å². The number of hydrogen-bond acceptors (Lipinski definition) is 5. The van der Waals surface area contributed by atoms with Crippen molar-refractivity contribution in [2.24, 2.45) is 5.10 Å². The van der Waals surface area contributed by atoms with Crippen LogP contribution in [-0.4, -0.2) is 21.0 Å². The van der Waals surface area contributed by atoms with Gasteiger partial charge >= 0.3 is 0 Å². The summed E-state index contributed by atoms with van der Waals surface area (Å²) in [6, 6.07) is 11.9. The van der Waals surface area contributed by atoms with Gasteiger partial charge in [-0.1, -0.05) is 31.5 Å². The van der Waals surface area contributed by atoms with Crippen LogP contribution in [0.4, 0.5) is 5.69 Å². The van der Waals surface area contributed by atoms with E-state index in [-0.39, 0.29) is 17.2 Å². The molecule has 0 heterocycles. The summed E-state index contributed by atoms with van der Waals surface area (Å²) in [5.74, 6) is -0.762. The van der Waals surface area contributed by atoms with Crippen LogP contribution in [0.25, 0.3) is 0 Å². The molecule has 21 heavy (non-hydrogen) atoms. The maximum atomic E-state index is 9.93. The maximum absolute atomic E-state index is 9.93. The highest BCUT2D eigenvalue weighted by molar-refractivity contribution is 6.03. The molecule has 2 rings (SSSR count). The minimum atomic E-state index is -0.358. The van der Waals surface area contributed by atoms with Gasteiger partial charge in [0.1, 0.15) is 5.75 Å². The van der Waals surface area contributed by atoms with E-state index in [0.717, 1.165) is 18.2 Å². The van der Waals surface area contributed by atoms with Crippen LogP contribution >= 0.6 is 0 Å². The Hall–Kier alpha value is -2.69. The highest BCUT2D eigenvalue weighted by Gasteiger charge is 2.13. The minimum absolute atomic E-state index is 0.118. The van der Waals surface area contributed by atoms with Crippen molar-refractivity contribution < 1.29 is 15.3 Å². The van der Waals surface area contributed by atoms with Crippen LogP contribution in [0.15, 0.2) is 47.6 Å². The second-order valence-corrected chi connectivity index (χ2v) is 4.64. The predicted octanol–water partition coefficient (Wildman–Crippen LogP) is 3.42. The van der Waals surface area contributed by atoms with Crippen molar-refractivity contribution in [1.29, 1.82) is 0 Å². The molecular weight excluding hydrogens is 268 g/mol. The molecule has 0 aliphatic carbocycles. The number of anilines is 1. The molecule has 0 aromatic heterocycles. The van der Waals surface area contributed by atoms with Gasteiger partial charge in [-0.15, -0.1) is 0 Å². The first-order chi connectivity index (χ1) is 10.1. The molecule has 2 aromatic rings. The average molecular weight is 286 g/mol. The zero-order valence-corrected chi connectivity index (χ0v) is 11.7. The zero-order chi connectivity index (χ0) is 15.2. The number of nitrogens with zero attached hydrogens (tertiary/aromatic N) is 1. The Labute approximate surface area is 123 Å². The molecule has 0 unspecified atom stereocenters. The van der Waals surface area contributed by atoms with Gasteiger partial charge in [0.05, 0.1) is 11.4 Å². The lowest BCUT2D eigenvalue weighted by molar-refractivity contribution is 0.396. The normalized spacial score (nSPS) is 11.4. The first-order valence-electron chi connectivity index (χ1n) is 6.74. The minimum Gasteiger partial charge on any atom is -0.507 e. The SMILES string of the molecule is CCC/C(=N\Nc1ccccc1)c1cc(O)c(O)cc1O. The van der Waals surface area contributed by atoms with Crippen molar-refractivity contribution in [2.75, 3.05) is 5.43 Å². The number of phenols is 3. The fraction of sp³-hybridized carbons (Fsp3) is 0.188. The van der Waals surface area contributed by atoms with Crippen LogP contribution in [-0.2, 0) is 0 Å². The molecule has 5 heteroatoms. The molecule has 0 aliphatic heterocycles. The second-order valence-electron chi connectivity index (χ2n) is 4.64. The molecular formula is C16H18N2O3. The van der Waals surface area contributed by atoms with Gasteiger partial charge in [0.25, 0.3) is 0 Å². The summed E-state index contributed by atoms with van der Waals surface area (Å²) in [6.45, 7) is 2.00. The molecule has 0 atom stereocenters. The molecule has 0 fully saturated rings. The summed E-state index contributed by atoms with van der Waals surface area (Å²) < 4.78 is 0. The zero-order valence-electron chi connectivity index (χ0n) is 11.7. The largest absolute Gasteiger partial charge is 0.507 e. The standard InChI is InChI=1S/C16H18N2O3/c1-2-6-13(18-17-11-7-4-3-5-8-11)12-9-15(20)16(21)10-14(12)19/h3-5,7-10,17,19-21H,2,6H2,1H3/b18-13+. The van der Waals surface area contributed by atoms with E-state index in [1.807, 2.05) is 37.3 Å². The molecule has 5 nitrogen and oxygen atoms in total. The van der Waals surface area contributed by atoms with Crippen LogP contribution in [0.5, 0.6) is 17.2 Å². The van der Waals surface area contributed by atoms with Crippen molar-refractivity contribution in [1.82, 2.24) is 0 Å². The number of aromatic hydroxyl groups is 3. The predicted molar refractivity (Wildman–Crippen MR) is 82.9 cm³/mol. The van der Waals surface area contributed by atoms with Crippen molar-refractivity contribution in [3.8, 4) is 17.2 Å². The lowest BCUT2D eigenvalue weighted by Gasteiger charge is -2.10. The number of rotatable bonds is 5. The van der Waals surface area contributed by atoms with Crippen LogP contribution in [0.1, 0.15) is 25.3 Å². The fourth-order valence-corrected chi connectivity index (χ4v) is 1.93.